The molecule has 3 aromatic rings. The van der Waals surface area contributed by atoms with Crippen LogP contribution >= 0.6 is 11.6 Å². The third-order valence-corrected chi connectivity index (χ3v) is 3.90. The van der Waals surface area contributed by atoms with Crippen molar-refractivity contribution < 1.29 is 0 Å². The predicted molar refractivity (Wildman–Crippen MR) is 99.5 cm³/mol. The van der Waals surface area contributed by atoms with Gasteiger partial charge in [0.15, 0.2) is 5.65 Å². The van der Waals surface area contributed by atoms with Gasteiger partial charge in [0.1, 0.15) is 17.8 Å². The maximum atomic E-state index is 6.03. The first-order valence-electron chi connectivity index (χ1n) is 8.04. The fourth-order valence-corrected chi connectivity index (χ4v) is 2.74. The van der Waals surface area contributed by atoms with Gasteiger partial charge in [-0.1, -0.05) is 23.7 Å². The van der Waals surface area contributed by atoms with Crippen molar-refractivity contribution in [2.24, 2.45) is 0 Å². The van der Waals surface area contributed by atoms with E-state index in [1.165, 1.54) is 0 Å². The molecule has 0 aliphatic heterocycles. The van der Waals surface area contributed by atoms with Gasteiger partial charge < -0.3 is 5.32 Å². The van der Waals surface area contributed by atoms with Crippen LogP contribution < -0.4 is 5.32 Å². The second-order valence-corrected chi connectivity index (χ2v) is 7.59. The Hall–Kier alpha value is -2.14. The summed E-state index contributed by atoms with van der Waals surface area (Å²) >= 11 is 6.03. The van der Waals surface area contributed by atoms with Crippen LogP contribution in [0.5, 0.6) is 0 Å². The lowest BCUT2D eigenvalue weighted by Gasteiger charge is -2.19. The smallest absolute Gasteiger partial charge is 0.164 e. The Morgan fingerprint density at radius 1 is 1.08 bits per heavy atom. The van der Waals surface area contributed by atoms with Gasteiger partial charge in [-0.3, -0.25) is 0 Å². The van der Waals surface area contributed by atoms with Gasteiger partial charge in [0.05, 0.1) is 10.9 Å². The molecule has 0 bridgehead atoms. The molecule has 24 heavy (non-hydrogen) atoms. The first-order valence-corrected chi connectivity index (χ1v) is 8.42. The van der Waals surface area contributed by atoms with E-state index in [2.05, 4.69) is 49.9 Å². The van der Waals surface area contributed by atoms with Crippen LogP contribution in [0.15, 0.2) is 30.6 Å². The van der Waals surface area contributed by atoms with Crippen LogP contribution in [0.2, 0.25) is 5.02 Å². The van der Waals surface area contributed by atoms with E-state index in [-0.39, 0.29) is 11.6 Å². The second-order valence-electron chi connectivity index (χ2n) is 7.16. The molecule has 0 saturated carbocycles. The highest BCUT2D eigenvalue weighted by Crippen LogP contribution is 2.34. The largest absolute Gasteiger partial charge is 0.367 e. The van der Waals surface area contributed by atoms with Crippen LogP contribution in [0, 0.1) is 0 Å². The lowest BCUT2D eigenvalue weighted by atomic mass is 10.1. The van der Waals surface area contributed by atoms with Gasteiger partial charge in [-0.15, -0.1) is 0 Å². The molecule has 3 rings (SSSR count). The van der Waals surface area contributed by atoms with E-state index >= 15 is 0 Å². The van der Waals surface area contributed by atoms with E-state index < -0.39 is 0 Å². The molecule has 126 valence electrons. The Balaban J connectivity index is 2.32. The minimum atomic E-state index is -0.188. The van der Waals surface area contributed by atoms with Crippen molar-refractivity contribution >= 4 is 28.5 Å². The summed E-state index contributed by atoms with van der Waals surface area (Å²) in [5.74, 6) is 0.801. The Bertz CT molecular complexity index is 859. The maximum absolute atomic E-state index is 6.03. The van der Waals surface area contributed by atoms with Gasteiger partial charge in [0.25, 0.3) is 0 Å². The molecule has 0 saturated heterocycles. The topological polar surface area (TPSA) is 55.6 Å². The molecule has 0 aliphatic carbocycles. The zero-order valence-corrected chi connectivity index (χ0v) is 15.4. The molecule has 6 heteroatoms. The number of nitrogens with zero attached hydrogens (tertiary/aromatic N) is 4. The van der Waals surface area contributed by atoms with Gasteiger partial charge in [-0.05, 0) is 46.8 Å². The zero-order chi connectivity index (χ0) is 17.5. The van der Waals surface area contributed by atoms with Crippen molar-refractivity contribution in [1.82, 2.24) is 19.7 Å². The summed E-state index contributed by atoms with van der Waals surface area (Å²) in [5.41, 5.74) is 2.49. The quantitative estimate of drug-likeness (QED) is 0.747. The Kier molecular flexibility index (Phi) is 4.22. The molecule has 0 atom stereocenters. The highest BCUT2D eigenvalue weighted by atomic mass is 35.5. The number of hydrogen-bond donors (Lipinski definition) is 1. The summed E-state index contributed by atoms with van der Waals surface area (Å²) in [6.07, 6.45) is 1.59. The fraction of sp³-hybridized carbons (Fsp3) is 0.389. The Morgan fingerprint density at radius 3 is 2.33 bits per heavy atom. The van der Waals surface area contributed by atoms with Crippen molar-refractivity contribution in [2.75, 3.05) is 5.32 Å². The molecule has 0 aliphatic rings. The molecular weight excluding hydrogens is 322 g/mol. The second kappa shape index (κ2) is 6.06. The predicted octanol–water partition coefficient (Wildman–Crippen LogP) is 4.72. The van der Waals surface area contributed by atoms with E-state index in [9.17, 15) is 0 Å². The summed E-state index contributed by atoms with van der Waals surface area (Å²) in [7, 11) is 0. The van der Waals surface area contributed by atoms with E-state index in [0.717, 1.165) is 28.1 Å². The number of halogens is 1. The van der Waals surface area contributed by atoms with Gasteiger partial charge in [0.2, 0.25) is 0 Å². The fourth-order valence-electron chi connectivity index (χ4n) is 2.61. The number of fused-ring (bicyclic) bond motifs is 1. The summed E-state index contributed by atoms with van der Waals surface area (Å²) < 4.78 is 1.96. The number of anilines is 1. The molecule has 2 heterocycles. The third-order valence-electron chi connectivity index (χ3n) is 3.64. The van der Waals surface area contributed by atoms with Crippen molar-refractivity contribution in [1.29, 1.82) is 0 Å². The van der Waals surface area contributed by atoms with Crippen molar-refractivity contribution in [3.05, 3.63) is 35.6 Å². The van der Waals surface area contributed by atoms with E-state index in [4.69, 9.17) is 16.7 Å². The summed E-state index contributed by atoms with van der Waals surface area (Å²) in [5, 5.41) is 9.90. The average Bonchev–Trinajstić information content (AvgIpc) is 2.88. The minimum Gasteiger partial charge on any atom is -0.367 e. The SMILES string of the molecule is CC(C)Nc1ncnc2c1c(-c1ccc(Cl)cc1)nn2C(C)(C)C. The molecule has 0 radical (unpaired) electrons. The molecule has 1 aromatic carbocycles. The summed E-state index contributed by atoms with van der Waals surface area (Å²) in [4.78, 5) is 8.95. The van der Waals surface area contributed by atoms with Crippen LogP contribution in [0.25, 0.3) is 22.3 Å². The van der Waals surface area contributed by atoms with Gasteiger partial charge >= 0.3 is 0 Å². The van der Waals surface area contributed by atoms with Gasteiger partial charge in [-0.25, -0.2) is 14.6 Å². The van der Waals surface area contributed by atoms with Crippen LogP contribution in [0.4, 0.5) is 5.82 Å². The van der Waals surface area contributed by atoms with E-state index in [1.807, 2.05) is 28.9 Å². The monoisotopic (exact) mass is 343 g/mol. The van der Waals surface area contributed by atoms with Crippen LogP contribution in [0.1, 0.15) is 34.6 Å². The lowest BCUT2D eigenvalue weighted by molar-refractivity contribution is 0.367. The number of hydrogen-bond acceptors (Lipinski definition) is 4. The highest BCUT2D eigenvalue weighted by Gasteiger charge is 2.24. The Labute approximate surface area is 147 Å². The minimum absolute atomic E-state index is 0.188. The molecule has 0 amide bonds. The first-order chi connectivity index (χ1) is 11.3. The number of benzene rings is 1. The van der Waals surface area contributed by atoms with Crippen molar-refractivity contribution in [3.63, 3.8) is 0 Å². The highest BCUT2D eigenvalue weighted by molar-refractivity contribution is 6.30. The van der Waals surface area contributed by atoms with E-state index in [1.54, 1.807) is 6.33 Å². The van der Waals surface area contributed by atoms with Crippen LogP contribution in [0.3, 0.4) is 0 Å². The zero-order valence-electron chi connectivity index (χ0n) is 14.6. The number of nitrogens with one attached hydrogen (secondary N) is 1. The third kappa shape index (κ3) is 3.08. The van der Waals surface area contributed by atoms with Gasteiger partial charge in [-0.2, -0.15) is 5.10 Å². The first kappa shape index (κ1) is 16.7. The molecule has 5 nitrogen and oxygen atoms in total. The molecular formula is C18H22ClN5. The summed E-state index contributed by atoms with van der Waals surface area (Å²) in [6.45, 7) is 10.5. The molecule has 0 spiro atoms. The van der Waals surface area contributed by atoms with Crippen molar-refractivity contribution in [2.45, 2.75) is 46.2 Å². The summed E-state index contributed by atoms with van der Waals surface area (Å²) in [6, 6.07) is 7.96. The average molecular weight is 344 g/mol. The normalized spacial score (nSPS) is 12.1. The number of rotatable bonds is 3. The molecule has 0 unspecified atom stereocenters. The molecule has 0 fully saturated rings. The van der Waals surface area contributed by atoms with E-state index in [0.29, 0.717) is 5.02 Å². The molecule has 1 N–H and O–H groups in total. The molecule has 2 aromatic heterocycles. The number of aromatic nitrogens is 4. The van der Waals surface area contributed by atoms with Crippen molar-refractivity contribution in [3.8, 4) is 11.3 Å². The standard InChI is InChI=1S/C18H22ClN5/c1-11(2)22-16-14-15(12-6-8-13(19)9-7-12)23-24(18(3,4)5)17(14)21-10-20-16/h6-11H,1-5H3,(H,20,21,22). The van der Waals surface area contributed by atoms with Gasteiger partial charge in [0, 0.05) is 16.6 Å². The van der Waals surface area contributed by atoms with Crippen LogP contribution in [-0.4, -0.2) is 25.8 Å². The maximum Gasteiger partial charge on any atom is 0.164 e. The van der Waals surface area contributed by atoms with Crippen LogP contribution in [-0.2, 0) is 5.54 Å². The lowest BCUT2D eigenvalue weighted by Crippen LogP contribution is -2.23. The Morgan fingerprint density at radius 2 is 1.75 bits per heavy atom.